The molecule has 1 N–H and O–H groups in total. The largest absolute Gasteiger partial charge is 0.385 e. The lowest BCUT2D eigenvalue weighted by molar-refractivity contribution is -0.932. The maximum Gasteiger partial charge on any atom is 0.126 e. The van der Waals surface area contributed by atoms with Crippen LogP contribution in [0.3, 0.4) is 0 Å². The summed E-state index contributed by atoms with van der Waals surface area (Å²) in [6.07, 6.45) is 12.4. The minimum atomic E-state index is -0.340. The molecule has 4 aliphatic carbocycles. The van der Waals surface area contributed by atoms with Crippen LogP contribution in [0.15, 0.2) is 30.3 Å². The third-order valence-corrected chi connectivity index (χ3v) is 8.73. The van der Waals surface area contributed by atoms with Crippen molar-refractivity contribution >= 4 is 0 Å². The number of rotatable bonds is 9. The molecule has 0 radical (unpaired) electrons. The van der Waals surface area contributed by atoms with Crippen molar-refractivity contribution in [3.05, 3.63) is 35.9 Å². The molecule has 6 rings (SSSR count). The van der Waals surface area contributed by atoms with E-state index >= 15 is 0 Å². The molecule has 3 heteroatoms. The van der Waals surface area contributed by atoms with Gasteiger partial charge in [0.2, 0.25) is 0 Å². The summed E-state index contributed by atoms with van der Waals surface area (Å²) in [6.45, 7) is 5.64. The van der Waals surface area contributed by atoms with Crippen molar-refractivity contribution in [2.45, 2.75) is 70.4 Å². The topological polar surface area (TPSA) is 29.5 Å². The maximum absolute atomic E-state index is 10.8. The summed E-state index contributed by atoms with van der Waals surface area (Å²) in [4.78, 5) is 0. The van der Waals surface area contributed by atoms with Crippen LogP contribution in [0.1, 0.15) is 63.4 Å². The first-order valence-electron chi connectivity index (χ1n) is 12.3. The van der Waals surface area contributed by atoms with E-state index < -0.39 is 0 Å². The molecule has 0 spiro atoms. The lowest BCUT2D eigenvalue weighted by atomic mass is 9.49. The number of ether oxygens (including phenoxy) is 1. The van der Waals surface area contributed by atoms with Crippen molar-refractivity contribution in [3.63, 3.8) is 0 Å². The summed E-state index contributed by atoms with van der Waals surface area (Å²) in [5, 5.41) is 10.8. The van der Waals surface area contributed by atoms with Crippen LogP contribution in [0.25, 0.3) is 0 Å². The fourth-order valence-electron chi connectivity index (χ4n) is 7.99. The van der Waals surface area contributed by atoms with Gasteiger partial charge in [0.1, 0.15) is 19.2 Å². The Morgan fingerprint density at radius 1 is 0.966 bits per heavy atom. The minimum absolute atomic E-state index is 0.340. The van der Waals surface area contributed by atoms with Gasteiger partial charge in [0.15, 0.2) is 0 Å². The number of hydrogen-bond acceptors (Lipinski definition) is 2. The summed E-state index contributed by atoms with van der Waals surface area (Å²) in [5.41, 5.74) is 1.99. The molecular weight excluding hydrogens is 358 g/mol. The van der Waals surface area contributed by atoms with E-state index in [2.05, 4.69) is 30.3 Å². The average molecular weight is 399 g/mol. The quantitative estimate of drug-likeness (QED) is 0.479. The first-order chi connectivity index (χ1) is 14.1. The molecule has 29 heavy (non-hydrogen) atoms. The smallest absolute Gasteiger partial charge is 0.126 e. The Morgan fingerprint density at radius 3 is 2.21 bits per heavy atom. The first-order valence-corrected chi connectivity index (χ1v) is 12.3. The van der Waals surface area contributed by atoms with Gasteiger partial charge in [-0.1, -0.05) is 30.3 Å². The molecule has 1 atom stereocenters. The number of nitrogens with zero attached hydrogens (tertiary/aromatic N) is 1. The van der Waals surface area contributed by atoms with Crippen molar-refractivity contribution in [1.29, 1.82) is 0 Å². The zero-order valence-electron chi connectivity index (χ0n) is 18.1. The second kappa shape index (κ2) is 8.32. The summed E-state index contributed by atoms with van der Waals surface area (Å²) < 4.78 is 7.11. The third-order valence-electron chi connectivity index (χ3n) is 8.73. The average Bonchev–Trinajstić information content (AvgIpc) is 3.13. The van der Waals surface area contributed by atoms with Crippen LogP contribution in [0, 0.1) is 23.2 Å². The number of hydrogen-bond donors (Lipinski definition) is 1. The van der Waals surface area contributed by atoms with Gasteiger partial charge in [-0.05, 0) is 68.1 Å². The van der Waals surface area contributed by atoms with E-state index in [1.165, 1.54) is 76.4 Å². The second-order valence-electron chi connectivity index (χ2n) is 11.2. The predicted octanol–water partition coefficient (Wildman–Crippen LogP) is 4.78. The number of benzene rings is 1. The van der Waals surface area contributed by atoms with Crippen LogP contribution in [-0.2, 0) is 11.3 Å². The molecule has 1 aromatic carbocycles. The van der Waals surface area contributed by atoms with Crippen LogP contribution in [0.4, 0.5) is 0 Å². The first kappa shape index (κ1) is 20.0. The second-order valence-corrected chi connectivity index (χ2v) is 11.2. The fourth-order valence-corrected chi connectivity index (χ4v) is 7.99. The number of aliphatic hydroxyl groups excluding tert-OH is 1. The van der Waals surface area contributed by atoms with Gasteiger partial charge >= 0.3 is 0 Å². The molecule has 1 aliphatic heterocycles. The van der Waals surface area contributed by atoms with Crippen molar-refractivity contribution in [2.24, 2.45) is 23.2 Å². The van der Waals surface area contributed by atoms with E-state index in [4.69, 9.17) is 4.74 Å². The van der Waals surface area contributed by atoms with Crippen LogP contribution in [-0.4, -0.2) is 48.5 Å². The highest BCUT2D eigenvalue weighted by atomic mass is 16.5. The highest BCUT2D eigenvalue weighted by Crippen LogP contribution is 2.61. The molecule has 5 fully saturated rings. The summed E-state index contributed by atoms with van der Waals surface area (Å²) in [6, 6.07) is 10.8. The Labute approximate surface area is 177 Å². The molecule has 1 heterocycles. The van der Waals surface area contributed by atoms with E-state index in [0.29, 0.717) is 12.0 Å². The molecule has 0 unspecified atom stereocenters. The highest BCUT2D eigenvalue weighted by Gasteiger charge is 2.50. The van der Waals surface area contributed by atoms with Gasteiger partial charge in [-0.3, -0.25) is 0 Å². The maximum atomic E-state index is 10.8. The van der Waals surface area contributed by atoms with E-state index in [-0.39, 0.29) is 6.10 Å². The molecule has 4 saturated carbocycles. The Morgan fingerprint density at radius 2 is 1.59 bits per heavy atom. The Hall–Kier alpha value is -0.900. The molecule has 3 nitrogen and oxygen atoms in total. The number of aliphatic hydroxyl groups is 1. The van der Waals surface area contributed by atoms with Gasteiger partial charge in [-0.15, -0.1) is 0 Å². The summed E-state index contributed by atoms with van der Waals surface area (Å²) in [5.74, 6) is 3.05. The Bertz CT molecular complexity index is 631. The monoisotopic (exact) mass is 398 g/mol. The lowest BCUT2D eigenvalue weighted by Crippen LogP contribution is -2.50. The van der Waals surface area contributed by atoms with Crippen LogP contribution >= 0.6 is 0 Å². The minimum Gasteiger partial charge on any atom is -0.385 e. The van der Waals surface area contributed by atoms with Crippen LogP contribution < -0.4 is 0 Å². The SMILES string of the molecule is O[C@@H](COCCC12CC3CC(CC(C3)C1)C2)C[N+]1(Cc2ccccc2)CCCC1. The standard InChI is InChI=1S/C26H40NO2/c28-25(19-27(9-4-5-10-27)18-21-6-2-1-3-7-21)20-29-11-8-26-15-22-12-23(16-26)14-24(13-22)17-26/h1-3,6-7,22-25,28H,4-5,8-20H2/q+1/t22?,23?,24?,25-,26?/m1/s1. The summed E-state index contributed by atoms with van der Waals surface area (Å²) in [7, 11) is 0. The zero-order valence-corrected chi connectivity index (χ0v) is 18.1. The van der Waals surface area contributed by atoms with Crippen molar-refractivity contribution in [1.82, 2.24) is 0 Å². The lowest BCUT2D eigenvalue weighted by Gasteiger charge is -2.57. The van der Waals surface area contributed by atoms with Gasteiger partial charge in [0.25, 0.3) is 0 Å². The third kappa shape index (κ3) is 4.57. The van der Waals surface area contributed by atoms with Gasteiger partial charge in [-0.25, -0.2) is 0 Å². The molecule has 0 amide bonds. The number of quaternary nitrogens is 1. The van der Waals surface area contributed by atoms with E-state index in [1.54, 1.807) is 0 Å². The fraction of sp³-hybridized carbons (Fsp3) is 0.769. The Balaban J connectivity index is 1.09. The normalized spacial score (nSPS) is 35.8. The molecule has 1 saturated heterocycles. The Kier molecular flexibility index (Phi) is 5.75. The number of likely N-dealkylation sites (tertiary alicyclic amines) is 1. The van der Waals surface area contributed by atoms with Gasteiger partial charge in [0, 0.05) is 25.0 Å². The van der Waals surface area contributed by atoms with Gasteiger partial charge in [-0.2, -0.15) is 0 Å². The molecule has 160 valence electrons. The van der Waals surface area contributed by atoms with Crippen molar-refractivity contribution in [3.8, 4) is 0 Å². The molecule has 0 aromatic heterocycles. The van der Waals surface area contributed by atoms with Crippen molar-refractivity contribution < 1.29 is 14.3 Å². The van der Waals surface area contributed by atoms with Gasteiger partial charge < -0.3 is 14.3 Å². The van der Waals surface area contributed by atoms with E-state index in [0.717, 1.165) is 41.9 Å². The zero-order chi connectivity index (χ0) is 19.7. The molecular formula is C26H40NO2+. The predicted molar refractivity (Wildman–Crippen MR) is 116 cm³/mol. The molecule has 1 aromatic rings. The van der Waals surface area contributed by atoms with E-state index in [9.17, 15) is 5.11 Å². The summed E-state index contributed by atoms with van der Waals surface area (Å²) >= 11 is 0. The van der Waals surface area contributed by atoms with E-state index in [1.807, 2.05) is 0 Å². The molecule has 4 bridgehead atoms. The highest BCUT2D eigenvalue weighted by molar-refractivity contribution is 5.13. The van der Waals surface area contributed by atoms with Crippen molar-refractivity contribution in [2.75, 3.05) is 32.8 Å². The van der Waals surface area contributed by atoms with Gasteiger partial charge in [0.05, 0.1) is 19.7 Å². The van der Waals surface area contributed by atoms with Crippen LogP contribution in [0.5, 0.6) is 0 Å². The molecule has 5 aliphatic rings. The van der Waals surface area contributed by atoms with Crippen LogP contribution in [0.2, 0.25) is 0 Å².